The Morgan fingerprint density at radius 3 is 2.39 bits per heavy atom. The number of carbonyl (C=O) groups excluding carboxylic acids is 2. The minimum Gasteiger partial charge on any atom is -0.326 e. The number of halogens is 2. The maximum atomic E-state index is 12.4. The number of carbonyl (C=O) groups is 2. The van der Waals surface area contributed by atoms with Crippen molar-refractivity contribution in [3.05, 3.63) is 57.5 Å². The number of anilines is 2. The van der Waals surface area contributed by atoms with Crippen LogP contribution >= 0.6 is 27.5 Å². The highest BCUT2D eigenvalue weighted by atomic mass is 79.9. The van der Waals surface area contributed by atoms with E-state index in [4.69, 9.17) is 11.6 Å². The van der Waals surface area contributed by atoms with Crippen LogP contribution in [0, 0.1) is 0 Å². The third-order valence-corrected chi connectivity index (χ3v) is 4.05. The highest BCUT2D eigenvalue weighted by Crippen LogP contribution is 2.26. The average molecular weight is 396 g/mol. The molecule has 0 aromatic heterocycles. The summed E-state index contributed by atoms with van der Waals surface area (Å²) >= 11 is 9.40. The summed E-state index contributed by atoms with van der Waals surface area (Å²) < 4.78 is 0.620. The fourth-order valence-electron chi connectivity index (χ4n) is 2.03. The number of hydrogen-bond donors (Lipinski definition) is 2. The lowest BCUT2D eigenvalue weighted by Crippen LogP contribution is -2.14. The lowest BCUT2D eigenvalue weighted by Gasteiger charge is -2.10. The molecule has 0 saturated carbocycles. The summed E-state index contributed by atoms with van der Waals surface area (Å²) in [4.78, 5) is 24.0. The zero-order valence-corrected chi connectivity index (χ0v) is 14.9. The summed E-state index contributed by atoms with van der Waals surface area (Å²) in [5, 5.41) is 5.94. The maximum absolute atomic E-state index is 12.4. The number of hydrogen-bond acceptors (Lipinski definition) is 2. The van der Waals surface area contributed by atoms with Crippen molar-refractivity contribution in [1.29, 1.82) is 0 Å². The number of nitrogens with one attached hydrogen (secondary N) is 2. The lowest BCUT2D eigenvalue weighted by atomic mass is 10.2. The molecule has 0 aliphatic carbocycles. The predicted octanol–water partition coefficient (Wildman–Crippen LogP) is 5.09. The van der Waals surface area contributed by atoms with Gasteiger partial charge >= 0.3 is 0 Å². The highest BCUT2D eigenvalue weighted by Gasteiger charge is 2.14. The second kappa shape index (κ2) is 8.13. The molecule has 2 rings (SSSR count). The van der Waals surface area contributed by atoms with Crippen molar-refractivity contribution in [1.82, 2.24) is 0 Å². The molecule has 0 spiro atoms. The molecule has 2 aromatic carbocycles. The molecule has 2 aromatic rings. The van der Waals surface area contributed by atoms with Crippen molar-refractivity contribution in [2.75, 3.05) is 10.6 Å². The fraction of sp³-hybridized carbons (Fsp3) is 0.176. The first-order valence-corrected chi connectivity index (χ1v) is 8.33. The molecule has 0 aliphatic heterocycles. The number of rotatable bonds is 5. The lowest BCUT2D eigenvalue weighted by molar-refractivity contribution is -0.116. The third-order valence-electron chi connectivity index (χ3n) is 3.07. The zero-order chi connectivity index (χ0) is 16.8. The van der Waals surface area contributed by atoms with Gasteiger partial charge in [-0.15, -0.1) is 0 Å². The summed E-state index contributed by atoms with van der Waals surface area (Å²) in [6.07, 6.45) is 1.24. The van der Waals surface area contributed by atoms with E-state index in [1.165, 1.54) is 0 Å². The fourth-order valence-corrected chi connectivity index (χ4v) is 2.95. The van der Waals surface area contributed by atoms with Gasteiger partial charge in [0, 0.05) is 22.3 Å². The Morgan fingerprint density at radius 2 is 1.74 bits per heavy atom. The third kappa shape index (κ3) is 4.81. The average Bonchev–Trinajstić information content (AvgIpc) is 2.47. The van der Waals surface area contributed by atoms with E-state index in [1.54, 1.807) is 42.5 Å². The van der Waals surface area contributed by atoms with Crippen LogP contribution in [-0.4, -0.2) is 11.8 Å². The largest absolute Gasteiger partial charge is 0.326 e. The Hall–Kier alpha value is -1.85. The molecule has 0 unspecified atom stereocenters. The van der Waals surface area contributed by atoms with E-state index in [2.05, 4.69) is 26.6 Å². The van der Waals surface area contributed by atoms with E-state index in [0.29, 0.717) is 32.9 Å². The van der Waals surface area contributed by atoms with Gasteiger partial charge in [0.25, 0.3) is 5.91 Å². The predicted molar refractivity (Wildman–Crippen MR) is 97.1 cm³/mol. The van der Waals surface area contributed by atoms with Gasteiger partial charge in [-0.3, -0.25) is 9.59 Å². The quantitative estimate of drug-likeness (QED) is 0.740. The van der Waals surface area contributed by atoms with E-state index in [-0.39, 0.29) is 11.8 Å². The summed E-state index contributed by atoms with van der Waals surface area (Å²) in [6, 6.07) is 12.2. The van der Waals surface area contributed by atoms with Crippen LogP contribution in [-0.2, 0) is 4.79 Å². The molecule has 0 fully saturated rings. The van der Waals surface area contributed by atoms with Crippen LogP contribution in [0.3, 0.4) is 0 Å². The second-order valence-corrected chi connectivity index (χ2v) is 6.19. The smallest absolute Gasteiger partial charge is 0.258 e. The van der Waals surface area contributed by atoms with Crippen LogP contribution in [0.4, 0.5) is 11.4 Å². The van der Waals surface area contributed by atoms with Crippen LogP contribution in [0.5, 0.6) is 0 Å². The van der Waals surface area contributed by atoms with Gasteiger partial charge in [-0.05, 0) is 52.7 Å². The van der Waals surface area contributed by atoms with Gasteiger partial charge < -0.3 is 10.6 Å². The van der Waals surface area contributed by atoms with E-state index in [0.717, 1.165) is 6.42 Å². The minimum absolute atomic E-state index is 0.0511. The van der Waals surface area contributed by atoms with E-state index < -0.39 is 0 Å². The van der Waals surface area contributed by atoms with Crippen molar-refractivity contribution in [2.45, 2.75) is 19.8 Å². The molecule has 23 heavy (non-hydrogen) atoms. The van der Waals surface area contributed by atoms with E-state index in [1.807, 2.05) is 6.92 Å². The van der Waals surface area contributed by atoms with E-state index >= 15 is 0 Å². The number of benzene rings is 2. The minimum atomic E-state index is -0.320. The zero-order valence-electron chi connectivity index (χ0n) is 12.5. The first kappa shape index (κ1) is 17.5. The summed E-state index contributed by atoms with van der Waals surface area (Å²) in [7, 11) is 0. The van der Waals surface area contributed by atoms with Crippen LogP contribution in [0.15, 0.2) is 46.9 Å². The molecule has 0 radical (unpaired) electrons. The Bertz CT molecular complexity index is 714. The van der Waals surface area contributed by atoms with Crippen LogP contribution in [0.25, 0.3) is 0 Å². The molecule has 0 aliphatic rings. The number of amides is 2. The molecule has 0 saturated heterocycles. The molecule has 120 valence electrons. The Morgan fingerprint density at radius 1 is 1.09 bits per heavy atom. The van der Waals surface area contributed by atoms with Gasteiger partial charge in [-0.25, -0.2) is 0 Å². The first-order valence-electron chi connectivity index (χ1n) is 7.16. The maximum Gasteiger partial charge on any atom is 0.258 e. The van der Waals surface area contributed by atoms with Gasteiger partial charge in [-0.1, -0.05) is 30.7 Å². The second-order valence-electron chi connectivity index (χ2n) is 4.93. The first-order chi connectivity index (χ1) is 11.0. The molecule has 0 bridgehead atoms. The van der Waals surface area contributed by atoms with Crippen LogP contribution < -0.4 is 10.6 Å². The Balaban J connectivity index is 2.14. The van der Waals surface area contributed by atoms with Crippen LogP contribution in [0.1, 0.15) is 30.1 Å². The molecule has 6 heteroatoms. The highest BCUT2D eigenvalue weighted by molar-refractivity contribution is 9.10. The molecule has 0 heterocycles. The van der Waals surface area contributed by atoms with Gasteiger partial charge in [0.05, 0.1) is 10.6 Å². The van der Waals surface area contributed by atoms with Crippen molar-refractivity contribution in [2.24, 2.45) is 0 Å². The SMILES string of the molecule is CCCC(=O)Nc1cccc(NC(=O)c2c(Cl)cccc2Br)c1. The van der Waals surface area contributed by atoms with Crippen molar-refractivity contribution in [3.63, 3.8) is 0 Å². The van der Waals surface area contributed by atoms with Crippen molar-refractivity contribution < 1.29 is 9.59 Å². The van der Waals surface area contributed by atoms with E-state index in [9.17, 15) is 9.59 Å². The van der Waals surface area contributed by atoms with Crippen molar-refractivity contribution in [3.8, 4) is 0 Å². The molecule has 0 atom stereocenters. The van der Waals surface area contributed by atoms with Gasteiger partial charge in [0.2, 0.25) is 5.91 Å². The summed E-state index contributed by atoms with van der Waals surface area (Å²) in [5.74, 6) is -0.371. The summed E-state index contributed by atoms with van der Waals surface area (Å²) in [6.45, 7) is 1.94. The van der Waals surface area contributed by atoms with Crippen molar-refractivity contribution >= 4 is 50.7 Å². The molecule has 2 N–H and O–H groups in total. The Kier molecular flexibility index (Phi) is 6.19. The van der Waals surface area contributed by atoms with Gasteiger partial charge in [0.1, 0.15) is 0 Å². The van der Waals surface area contributed by atoms with Crippen LogP contribution in [0.2, 0.25) is 5.02 Å². The van der Waals surface area contributed by atoms with Gasteiger partial charge in [-0.2, -0.15) is 0 Å². The normalized spacial score (nSPS) is 10.2. The summed E-state index contributed by atoms with van der Waals surface area (Å²) in [5.41, 5.74) is 1.59. The molecular weight excluding hydrogens is 380 g/mol. The standard InChI is InChI=1S/C17H16BrClN2O2/c1-2-5-15(22)20-11-6-3-7-12(10-11)21-17(23)16-13(18)8-4-9-14(16)19/h3-4,6-10H,2,5H2,1H3,(H,20,22)(H,21,23). The topological polar surface area (TPSA) is 58.2 Å². The monoisotopic (exact) mass is 394 g/mol. The Labute approximate surface area is 148 Å². The van der Waals surface area contributed by atoms with Gasteiger partial charge in [0.15, 0.2) is 0 Å². The molecule has 4 nitrogen and oxygen atoms in total. The molecular formula is C17H16BrClN2O2. The molecule has 2 amide bonds.